The van der Waals surface area contributed by atoms with E-state index in [1.807, 2.05) is 0 Å². The first-order valence-corrected chi connectivity index (χ1v) is 22.4. The number of esters is 1. The van der Waals surface area contributed by atoms with Gasteiger partial charge in [0.25, 0.3) is 11.8 Å². The number of carboxylic acid groups (broad SMARTS) is 1. The number of ether oxygens (including phenoxy) is 3. The smallest absolute Gasteiger partial charge is 0.870 e. The molecule has 2 aliphatic heterocycles. The Morgan fingerprint density at radius 3 is 1.45 bits per heavy atom. The summed E-state index contributed by atoms with van der Waals surface area (Å²) in [5, 5.41) is 17.8. The molecule has 4 aromatic carbocycles. The van der Waals surface area contributed by atoms with Crippen LogP contribution in [0.1, 0.15) is 102 Å². The van der Waals surface area contributed by atoms with Gasteiger partial charge in [0.15, 0.2) is 11.5 Å². The Morgan fingerprint density at radius 1 is 0.676 bits per heavy atom. The number of carbonyl (C=O) groups is 4. The van der Waals surface area contributed by atoms with Crippen molar-refractivity contribution >= 4 is 47.0 Å². The summed E-state index contributed by atoms with van der Waals surface area (Å²) >= 11 is 12.7. The van der Waals surface area contributed by atoms with Gasteiger partial charge in [0, 0.05) is 11.1 Å². The van der Waals surface area contributed by atoms with Crippen LogP contribution in [-0.2, 0) is 28.4 Å². The Kier molecular flexibility index (Phi) is 15.3. The molecule has 2 N–H and O–H groups in total. The fraction of sp³-hybridized carbons (Fsp3) is 0.306. The number of hydrogen-bond donors (Lipinski definition) is 1. The normalized spacial score (nSPS) is 15.6. The van der Waals surface area contributed by atoms with E-state index < -0.39 is 59.1 Å². The number of benzene rings is 4. The van der Waals surface area contributed by atoms with E-state index in [0.717, 1.165) is 21.5 Å². The first-order valence-electron chi connectivity index (χ1n) is 21.7. The topological polar surface area (TPSA) is 182 Å². The molecule has 0 saturated heterocycles. The Hall–Kier alpha value is -6.10. The average Bonchev–Trinajstić information content (AvgIpc) is 4.26. The quantitative estimate of drug-likeness (QED) is 0.0810. The number of methoxy groups -OCH3 is 1. The van der Waals surface area contributed by atoms with Gasteiger partial charge in [-0.1, -0.05) is 47.5 Å². The summed E-state index contributed by atoms with van der Waals surface area (Å²) in [7, 11) is 1.19. The van der Waals surface area contributed by atoms with Crippen LogP contribution in [0, 0.1) is 11.6 Å². The number of aromatic carboxylic acids is 1. The molecule has 2 fully saturated rings. The van der Waals surface area contributed by atoms with Crippen LogP contribution >= 0.6 is 23.2 Å². The van der Waals surface area contributed by atoms with Crippen LogP contribution in [0.4, 0.5) is 26.3 Å². The second kappa shape index (κ2) is 20.6. The molecular formula is C49H39Cl2F6LiN4O9. The van der Waals surface area contributed by atoms with E-state index in [1.54, 1.807) is 6.07 Å². The fourth-order valence-electron chi connectivity index (χ4n) is 8.93. The zero-order chi connectivity index (χ0) is 49.1. The van der Waals surface area contributed by atoms with Gasteiger partial charge in [-0.25, -0.2) is 35.9 Å². The molecule has 0 bridgehead atoms. The van der Waals surface area contributed by atoms with Crippen LogP contribution in [0.25, 0.3) is 22.5 Å². The van der Waals surface area contributed by atoms with Crippen LogP contribution in [0.3, 0.4) is 0 Å². The summed E-state index contributed by atoms with van der Waals surface area (Å²) in [4.78, 5) is 50.3. The summed E-state index contributed by atoms with van der Waals surface area (Å²) in [5.41, 5.74) is -1.97. The van der Waals surface area contributed by atoms with E-state index >= 15 is 4.39 Å². The molecule has 4 aliphatic rings. The third kappa shape index (κ3) is 9.34. The maximum atomic E-state index is 15.0. The molecule has 22 heteroatoms. The molecule has 10 rings (SSSR count). The summed E-state index contributed by atoms with van der Waals surface area (Å²) < 4.78 is 104. The van der Waals surface area contributed by atoms with Gasteiger partial charge >= 0.3 is 30.8 Å². The van der Waals surface area contributed by atoms with Gasteiger partial charge in [0.1, 0.15) is 23.0 Å². The molecule has 2 aliphatic carbocycles. The van der Waals surface area contributed by atoms with Crippen molar-refractivity contribution in [2.24, 2.45) is 0 Å². The van der Waals surface area contributed by atoms with Gasteiger partial charge in [-0.05, 0) is 111 Å². The summed E-state index contributed by atoms with van der Waals surface area (Å²) in [6.45, 7) is 0.661. The minimum atomic E-state index is -2.66. The molecule has 4 heterocycles. The standard InChI is InChI=1S/C25H20ClF3N2O4.C24H18ClF3N2O4.Li.H2O/c1-34-23(33)13-7-8-14(17(27)12-13)20-21-18(6-3-11-35-21)31(30-20)22(32)19-15(4-2-5-16(19)26)25(9-10-25)24(28)29;25-15-4-1-3-14(24(8-9-24)23(27)28)18(15)21(31)30-17-5-2-10-34-20(17)19(29-30)13-7-6-12(22(32)33)11-16(13)26;;/h2,4-5,7-8,12,24H,3,6,9-11H2,1H3;1,3-4,6-7,11,23H,2,5,8-10H2,(H,32,33);;1H2/q;;+1;/p-1. The number of halogens is 8. The van der Waals surface area contributed by atoms with Crippen LogP contribution in [-0.4, -0.2) is 87.1 Å². The van der Waals surface area contributed by atoms with Crippen molar-refractivity contribution in [2.45, 2.75) is 75.0 Å². The Balaban J connectivity index is 0.000000203. The first kappa shape index (κ1) is 52.7. The van der Waals surface area contributed by atoms with Crippen LogP contribution in [0.5, 0.6) is 11.5 Å². The molecule has 0 unspecified atom stereocenters. The number of rotatable bonds is 10. The first-order chi connectivity index (χ1) is 33.0. The zero-order valence-electron chi connectivity index (χ0n) is 37.7. The maximum absolute atomic E-state index is 15.0. The van der Waals surface area contributed by atoms with E-state index in [2.05, 4.69) is 14.9 Å². The van der Waals surface area contributed by atoms with Crippen molar-refractivity contribution in [3.63, 3.8) is 0 Å². The number of carbonyl (C=O) groups excluding carboxylic acids is 3. The minimum absolute atomic E-state index is 0. The minimum Gasteiger partial charge on any atom is -0.870 e. The van der Waals surface area contributed by atoms with Crippen LogP contribution in [0.15, 0.2) is 72.8 Å². The van der Waals surface area contributed by atoms with Gasteiger partial charge in [0.2, 0.25) is 12.9 Å². The summed E-state index contributed by atoms with van der Waals surface area (Å²) in [5.74, 6) is -4.54. The molecule has 0 radical (unpaired) electrons. The summed E-state index contributed by atoms with van der Waals surface area (Å²) in [6, 6.07) is 16.1. The zero-order valence-corrected chi connectivity index (χ0v) is 39.2. The Labute approximate surface area is 422 Å². The van der Waals surface area contributed by atoms with Gasteiger partial charge < -0.3 is 24.8 Å². The molecule has 366 valence electrons. The number of aromatic nitrogens is 4. The molecule has 0 spiro atoms. The number of nitrogens with zero attached hydrogens (tertiary/aromatic N) is 4. The van der Waals surface area contributed by atoms with E-state index in [1.165, 1.54) is 61.7 Å². The van der Waals surface area contributed by atoms with Crippen molar-refractivity contribution in [1.82, 2.24) is 19.6 Å². The molecule has 0 amide bonds. The third-order valence-electron chi connectivity index (χ3n) is 12.9. The SMILES string of the molecule is COC(=O)c1ccc(-c2nn(C(=O)c3c(Cl)cccc3C3(C(F)F)CC3)c3c2OCCC3)c(F)c1.O=C(O)c1ccc(-c2nn(C(=O)c3c(Cl)cccc3C3(C(F)F)CC3)c3c2OCCC3)c(F)c1.[Li+].[OH-]. The van der Waals surface area contributed by atoms with Crippen LogP contribution in [0.2, 0.25) is 10.0 Å². The van der Waals surface area contributed by atoms with E-state index in [-0.39, 0.29) is 127 Å². The van der Waals surface area contributed by atoms with Gasteiger partial charge in [0.05, 0.1) is 74.8 Å². The molecule has 6 aromatic rings. The number of alkyl halides is 4. The maximum Gasteiger partial charge on any atom is 1.00 e. The van der Waals surface area contributed by atoms with E-state index in [9.17, 15) is 41.1 Å². The molecule has 2 saturated carbocycles. The molecule has 2 aromatic heterocycles. The summed E-state index contributed by atoms with van der Waals surface area (Å²) in [6.07, 6.45) is -2.39. The second-order valence-electron chi connectivity index (χ2n) is 17.0. The fourth-order valence-corrected chi connectivity index (χ4v) is 9.44. The predicted octanol–water partition coefficient (Wildman–Crippen LogP) is 7.62. The molecule has 13 nitrogen and oxygen atoms in total. The monoisotopic (exact) mass is 1020 g/mol. The van der Waals surface area contributed by atoms with Crippen molar-refractivity contribution in [3.05, 3.63) is 139 Å². The van der Waals surface area contributed by atoms with Crippen molar-refractivity contribution < 1.29 is 89.2 Å². The largest absolute Gasteiger partial charge is 1.00 e. The molecule has 71 heavy (non-hydrogen) atoms. The van der Waals surface area contributed by atoms with Crippen molar-refractivity contribution in [1.29, 1.82) is 0 Å². The van der Waals surface area contributed by atoms with Crippen LogP contribution < -0.4 is 28.3 Å². The average molecular weight is 1020 g/mol. The number of hydrogen-bond acceptors (Lipinski definition) is 10. The Morgan fingerprint density at radius 2 is 1.08 bits per heavy atom. The third-order valence-corrected chi connectivity index (χ3v) is 13.5. The number of fused-ring (bicyclic) bond motifs is 2. The predicted molar refractivity (Wildman–Crippen MR) is 239 cm³/mol. The Bertz CT molecular complexity index is 3100. The van der Waals surface area contributed by atoms with Crippen molar-refractivity contribution in [2.75, 3.05) is 20.3 Å². The van der Waals surface area contributed by atoms with Gasteiger partial charge in [-0.15, -0.1) is 0 Å². The van der Waals surface area contributed by atoms with E-state index in [0.29, 0.717) is 50.3 Å². The van der Waals surface area contributed by atoms with Gasteiger partial charge in [-0.2, -0.15) is 19.6 Å². The molecular weight excluding hydrogens is 980 g/mol. The number of carboxylic acids is 1. The van der Waals surface area contributed by atoms with E-state index in [4.69, 9.17) is 37.8 Å². The van der Waals surface area contributed by atoms with Gasteiger partial charge in [-0.3, -0.25) is 9.59 Å². The second-order valence-corrected chi connectivity index (χ2v) is 17.8. The van der Waals surface area contributed by atoms with Crippen molar-refractivity contribution in [3.8, 4) is 34.0 Å². The molecule has 0 atom stereocenters.